The van der Waals surface area contributed by atoms with Crippen molar-refractivity contribution in [3.63, 3.8) is 0 Å². The second-order valence-corrected chi connectivity index (χ2v) is 7.43. The number of aryl methyl sites for hydroxylation is 2. The lowest BCUT2D eigenvalue weighted by Crippen LogP contribution is -2.25. The van der Waals surface area contributed by atoms with Crippen molar-refractivity contribution in [2.45, 2.75) is 19.9 Å². The Hall–Kier alpha value is -3.19. The number of rotatable bonds is 7. The number of hydrogen-bond acceptors (Lipinski definition) is 5. The van der Waals surface area contributed by atoms with E-state index in [9.17, 15) is 4.79 Å². The fraction of sp³-hybridized carbons (Fsp3) is 0.190. The lowest BCUT2D eigenvalue weighted by Gasteiger charge is -2.06. The zero-order valence-electron chi connectivity index (χ0n) is 15.5. The molecule has 0 bridgehead atoms. The molecule has 142 valence electrons. The number of hydrogen-bond donors (Lipinski definition) is 1. The molecule has 6 nitrogen and oxygen atoms in total. The average Bonchev–Trinajstić information content (AvgIpc) is 3.46. The van der Waals surface area contributed by atoms with Crippen LogP contribution in [-0.2, 0) is 6.54 Å². The van der Waals surface area contributed by atoms with Gasteiger partial charge >= 0.3 is 0 Å². The third-order valence-corrected chi connectivity index (χ3v) is 5.29. The number of benzene rings is 1. The first-order valence-electron chi connectivity index (χ1n) is 9.08. The fourth-order valence-corrected chi connectivity index (χ4v) is 3.86. The van der Waals surface area contributed by atoms with Crippen molar-refractivity contribution in [3.05, 3.63) is 71.6 Å². The fourth-order valence-electron chi connectivity index (χ4n) is 2.88. The highest BCUT2D eigenvalue weighted by atomic mass is 32.1. The van der Waals surface area contributed by atoms with Crippen molar-refractivity contribution < 1.29 is 9.21 Å². The first kappa shape index (κ1) is 18.2. The molecule has 3 heterocycles. The summed E-state index contributed by atoms with van der Waals surface area (Å²) in [7, 11) is 0. The molecule has 7 heteroatoms. The highest BCUT2D eigenvalue weighted by Crippen LogP contribution is 2.34. The molecular weight excluding hydrogens is 372 g/mol. The van der Waals surface area contributed by atoms with Crippen LogP contribution in [0.15, 0.2) is 65.5 Å². The van der Waals surface area contributed by atoms with E-state index in [4.69, 9.17) is 4.42 Å². The van der Waals surface area contributed by atoms with E-state index in [1.54, 1.807) is 6.26 Å². The standard InChI is InChI=1S/C21H20N4O2S/c1-15-13-23-25(14-15)11-6-10-22-20(26)19-18(16-7-3-2-4-8-16)24-21(28-19)17-9-5-12-27-17/h2-5,7-9,12-14H,6,10-11H2,1H3,(H,22,26). The van der Waals surface area contributed by atoms with E-state index in [-0.39, 0.29) is 5.91 Å². The normalized spacial score (nSPS) is 10.9. The van der Waals surface area contributed by atoms with E-state index < -0.39 is 0 Å². The Morgan fingerprint density at radius 1 is 1.21 bits per heavy atom. The van der Waals surface area contributed by atoms with Crippen LogP contribution in [-0.4, -0.2) is 27.2 Å². The summed E-state index contributed by atoms with van der Waals surface area (Å²) in [5.74, 6) is 0.543. The average molecular weight is 392 g/mol. The maximum absolute atomic E-state index is 12.8. The topological polar surface area (TPSA) is 73.0 Å². The third-order valence-electron chi connectivity index (χ3n) is 4.22. The highest BCUT2D eigenvalue weighted by Gasteiger charge is 2.21. The van der Waals surface area contributed by atoms with E-state index in [2.05, 4.69) is 15.4 Å². The van der Waals surface area contributed by atoms with Gasteiger partial charge in [-0.25, -0.2) is 4.98 Å². The van der Waals surface area contributed by atoms with Crippen molar-refractivity contribution >= 4 is 17.2 Å². The van der Waals surface area contributed by atoms with Crippen LogP contribution in [0.2, 0.25) is 0 Å². The molecule has 0 aliphatic rings. The molecule has 0 saturated heterocycles. The van der Waals surface area contributed by atoms with Crippen molar-refractivity contribution in [1.29, 1.82) is 0 Å². The quantitative estimate of drug-likeness (QED) is 0.473. The van der Waals surface area contributed by atoms with Gasteiger partial charge < -0.3 is 9.73 Å². The van der Waals surface area contributed by atoms with Gasteiger partial charge in [-0.2, -0.15) is 5.10 Å². The van der Waals surface area contributed by atoms with Crippen LogP contribution < -0.4 is 5.32 Å². The molecule has 0 aliphatic heterocycles. The number of carbonyl (C=O) groups is 1. The zero-order chi connectivity index (χ0) is 19.3. The molecule has 0 atom stereocenters. The second-order valence-electron chi connectivity index (χ2n) is 6.43. The van der Waals surface area contributed by atoms with Gasteiger partial charge in [0, 0.05) is 24.8 Å². The SMILES string of the molecule is Cc1cnn(CCCNC(=O)c2sc(-c3ccco3)nc2-c2ccccc2)c1. The largest absolute Gasteiger partial charge is 0.462 e. The molecule has 1 aromatic carbocycles. The zero-order valence-corrected chi connectivity index (χ0v) is 16.3. The number of amides is 1. The summed E-state index contributed by atoms with van der Waals surface area (Å²) in [6, 6.07) is 13.4. The Labute approximate surface area is 166 Å². The van der Waals surface area contributed by atoms with E-state index in [0.717, 1.165) is 24.1 Å². The Kier molecular flexibility index (Phi) is 5.34. The van der Waals surface area contributed by atoms with Crippen LogP contribution in [0.5, 0.6) is 0 Å². The van der Waals surface area contributed by atoms with Gasteiger partial charge in [-0.05, 0) is 31.0 Å². The molecular formula is C21H20N4O2S. The van der Waals surface area contributed by atoms with Crippen LogP contribution in [0.1, 0.15) is 21.7 Å². The van der Waals surface area contributed by atoms with Gasteiger partial charge in [-0.15, -0.1) is 11.3 Å². The lowest BCUT2D eigenvalue weighted by atomic mass is 10.1. The molecule has 1 N–H and O–H groups in total. The summed E-state index contributed by atoms with van der Waals surface area (Å²) in [5, 5.41) is 7.96. The molecule has 0 aliphatic carbocycles. The van der Waals surface area contributed by atoms with Crippen LogP contribution in [0.4, 0.5) is 0 Å². The molecule has 0 unspecified atom stereocenters. The summed E-state index contributed by atoms with van der Waals surface area (Å²) in [5.41, 5.74) is 2.72. The summed E-state index contributed by atoms with van der Waals surface area (Å²) in [6.45, 7) is 3.34. The molecule has 3 aromatic heterocycles. The third kappa shape index (κ3) is 4.04. The van der Waals surface area contributed by atoms with Crippen molar-refractivity contribution in [3.8, 4) is 22.0 Å². The Balaban J connectivity index is 1.49. The molecule has 0 radical (unpaired) electrons. The summed E-state index contributed by atoms with van der Waals surface area (Å²) in [6.07, 6.45) is 6.24. The summed E-state index contributed by atoms with van der Waals surface area (Å²) in [4.78, 5) is 18.1. The van der Waals surface area contributed by atoms with Crippen LogP contribution in [0.25, 0.3) is 22.0 Å². The molecule has 0 saturated carbocycles. The minimum absolute atomic E-state index is 0.120. The highest BCUT2D eigenvalue weighted by molar-refractivity contribution is 7.17. The monoisotopic (exact) mass is 392 g/mol. The molecule has 0 fully saturated rings. The Bertz CT molecular complexity index is 1050. The van der Waals surface area contributed by atoms with Gasteiger partial charge in [0.2, 0.25) is 0 Å². The number of thiazole rings is 1. The summed E-state index contributed by atoms with van der Waals surface area (Å²) < 4.78 is 7.35. The van der Waals surface area contributed by atoms with Gasteiger partial charge in [0.25, 0.3) is 5.91 Å². The first-order valence-corrected chi connectivity index (χ1v) is 9.90. The Morgan fingerprint density at radius 2 is 2.07 bits per heavy atom. The minimum Gasteiger partial charge on any atom is -0.462 e. The van der Waals surface area contributed by atoms with Crippen LogP contribution in [0.3, 0.4) is 0 Å². The predicted octanol–water partition coefficient (Wildman–Crippen LogP) is 4.40. The van der Waals surface area contributed by atoms with Gasteiger partial charge in [0.05, 0.1) is 18.2 Å². The number of nitrogens with zero attached hydrogens (tertiary/aromatic N) is 3. The van der Waals surface area contributed by atoms with Gasteiger partial charge in [-0.3, -0.25) is 9.48 Å². The maximum atomic E-state index is 12.8. The van der Waals surface area contributed by atoms with Crippen LogP contribution >= 0.6 is 11.3 Å². The second kappa shape index (κ2) is 8.22. The van der Waals surface area contributed by atoms with Gasteiger partial charge in [-0.1, -0.05) is 30.3 Å². The van der Waals surface area contributed by atoms with Gasteiger partial charge in [0.1, 0.15) is 4.88 Å². The molecule has 0 spiro atoms. The van der Waals surface area contributed by atoms with E-state index >= 15 is 0 Å². The van der Waals surface area contributed by atoms with Crippen molar-refractivity contribution in [2.24, 2.45) is 0 Å². The number of nitrogens with one attached hydrogen (secondary N) is 1. The van der Waals surface area contributed by atoms with E-state index in [1.807, 2.05) is 66.5 Å². The van der Waals surface area contributed by atoms with Gasteiger partial charge in [0.15, 0.2) is 10.8 Å². The molecule has 4 rings (SSSR count). The molecule has 28 heavy (non-hydrogen) atoms. The van der Waals surface area contributed by atoms with E-state index in [0.29, 0.717) is 27.9 Å². The van der Waals surface area contributed by atoms with Crippen molar-refractivity contribution in [2.75, 3.05) is 6.54 Å². The first-order chi connectivity index (χ1) is 13.7. The van der Waals surface area contributed by atoms with E-state index in [1.165, 1.54) is 11.3 Å². The predicted molar refractivity (Wildman–Crippen MR) is 109 cm³/mol. The van der Waals surface area contributed by atoms with Crippen molar-refractivity contribution in [1.82, 2.24) is 20.1 Å². The smallest absolute Gasteiger partial charge is 0.263 e. The molecule has 4 aromatic rings. The lowest BCUT2D eigenvalue weighted by molar-refractivity contribution is 0.0957. The number of aromatic nitrogens is 3. The number of furan rings is 1. The molecule has 1 amide bonds. The minimum atomic E-state index is -0.120. The van der Waals surface area contributed by atoms with Crippen LogP contribution in [0, 0.1) is 6.92 Å². The number of carbonyl (C=O) groups excluding carboxylic acids is 1. The Morgan fingerprint density at radius 3 is 2.79 bits per heavy atom. The summed E-state index contributed by atoms with van der Waals surface area (Å²) >= 11 is 1.34. The maximum Gasteiger partial charge on any atom is 0.263 e.